The summed E-state index contributed by atoms with van der Waals surface area (Å²) in [6.07, 6.45) is -9.96. The van der Waals surface area contributed by atoms with E-state index in [0.717, 1.165) is 17.5 Å². The van der Waals surface area contributed by atoms with Crippen LogP contribution in [0, 0.1) is 13.8 Å². The van der Waals surface area contributed by atoms with Gasteiger partial charge in [0.2, 0.25) is 0 Å². The lowest BCUT2D eigenvalue weighted by molar-refractivity contribution is -0.0794. The zero-order valence-electron chi connectivity index (χ0n) is 27.4. The van der Waals surface area contributed by atoms with Crippen molar-refractivity contribution in [1.29, 1.82) is 0 Å². The average Bonchev–Trinajstić information content (AvgIpc) is 3.63. The molecule has 26 heteroatoms. The Balaban J connectivity index is 1.07. The van der Waals surface area contributed by atoms with Crippen LogP contribution in [-0.4, -0.2) is 124 Å². The summed E-state index contributed by atoms with van der Waals surface area (Å²) in [5.74, 6) is -1.23. The summed E-state index contributed by atoms with van der Waals surface area (Å²) in [5, 5.41) is 65.5. The largest absolute Gasteiger partial charge is 0.481 e. The molecule has 0 amide bonds. The third-order valence-corrected chi connectivity index (χ3v) is 11.0. The Morgan fingerprint density at radius 3 is 2.40 bits per heavy atom. The molecule has 1 radical (unpaired) electrons. The maximum Gasteiger partial charge on any atom is 0.481 e. The van der Waals surface area contributed by atoms with Gasteiger partial charge >= 0.3 is 27.2 Å². The molecule has 0 spiro atoms. The van der Waals surface area contributed by atoms with Crippen molar-refractivity contribution in [3.8, 4) is 17.4 Å². The molecule has 53 heavy (non-hydrogen) atoms. The molecule has 1 aromatic carbocycles. The van der Waals surface area contributed by atoms with Crippen LogP contribution < -0.4 is 11.4 Å². The molecule has 1 saturated heterocycles. The Bertz CT molecular complexity index is 2290. The normalized spacial score (nSPS) is 23.3. The first-order valence-corrected chi connectivity index (χ1v) is 18.4. The van der Waals surface area contributed by atoms with Gasteiger partial charge in [-0.05, 0) is 37.1 Å². The van der Waals surface area contributed by atoms with Crippen molar-refractivity contribution >= 4 is 43.7 Å². The molecular weight excluding hydrogens is 752 g/mol. The molecule has 9 atom stereocenters. The minimum atomic E-state index is -5.55. The number of aromatic nitrogens is 8. The van der Waals surface area contributed by atoms with Gasteiger partial charge in [0.25, 0.3) is 0 Å². The van der Waals surface area contributed by atoms with Crippen molar-refractivity contribution in [2.75, 3.05) is 18.9 Å². The number of ether oxygens (including phenoxy) is 1. The van der Waals surface area contributed by atoms with E-state index in [-0.39, 0.29) is 39.5 Å². The van der Waals surface area contributed by atoms with E-state index in [1.165, 1.54) is 15.5 Å². The number of rotatable bonds is 13. The van der Waals surface area contributed by atoms with Crippen molar-refractivity contribution in [3.63, 3.8) is 0 Å². The maximum atomic E-state index is 12.5. The molecule has 24 nitrogen and oxygen atoms in total. The van der Waals surface area contributed by atoms with Crippen LogP contribution in [0.25, 0.3) is 33.7 Å². The Morgan fingerprint density at radius 2 is 1.66 bits per heavy atom. The highest BCUT2D eigenvalue weighted by Crippen LogP contribution is 2.60. The number of nitrogens with two attached hydrogens (primary N) is 1. The summed E-state index contributed by atoms with van der Waals surface area (Å²) in [6.45, 7) is 0.760. The quantitative estimate of drug-likeness (QED) is 0.0493. The molecule has 0 aliphatic carbocycles. The van der Waals surface area contributed by atoms with Gasteiger partial charge in [0, 0.05) is 0 Å². The van der Waals surface area contributed by atoms with Crippen LogP contribution in [-0.2, 0) is 38.9 Å². The highest BCUT2D eigenvalue weighted by atomic mass is 31.3. The van der Waals surface area contributed by atoms with Gasteiger partial charge in [0.1, 0.15) is 48.5 Å². The monoisotopic (exact) mass is 784 g/mol. The number of aliphatic hydroxyl groups is 5. The Kier molecular flexibility index (Phi) is 10.6. The highest BCUT2D eigenvalue weighted by molar-refractivity contribution is 7.61. The number of anilines is 1. The van der Waals surface area contributed by atoms with Crippen LogP contribution in [0.4, 0.5) is 5.82 Å². The first-order chi connectivity index (χ1) is 24.9. The molecule has 9 unspecified atom stereocenters. The van der Waals surface area contributed by atoms with E-state index in [4.69, 9.17) is 15.0 Å². The van der Waals surface area contributed by atoms with Gasteiger partial charge in [-0.15, -0.1) is 4.98 Å². The standard InChI is InChI=1S/C27H32N9O15P2/c1-10-3-12-13(4-11(10)2)35(24-18(32-12)25(42)34-27(43)33-24)5-14(37)19(39)15(38)6-48-52(44,45)51-53(46,47)49-7-16-20(40)21(41)26(50-16)36-9-31-17-22(28)29-8-30-23(17)36/h3-4,8-9,14-16,19-21,26,37-41H,5-7H2,1-2H3,(H,44,45)(H,46,47)(H2,28,29,30). The van der Waals surface area contributed by atoms with Gasteiger partial charge in [-0.2, -0.15) is 9.29 Å². The third kappa shape index (κ3) is 7.91. The van der Waals surface area contributed by atoms with Gasteiger partial charge in [0.05, 0.1) is 37.1 Å². The SMILES string of the molecule is Cc1cc2nc3c([O])nc(=O)nc-3n(CC(O)C(O)C(O)COP(=O)(O)OP(=O)(O)OCC3OC(n4cnc5c(N)ncnc54)C(O)C3O)c2cc1C. The molecule has 0 saturated carbocycles. The van der Waals surface area contributed by atoms with E-state index in [9.17, 15) is 54.4 Å². The lowest BCUT2D eigenvalue weighted by atomic mass is 10.1. The summed E-state index contributed by atoms with van der Waals surface area (Å²) in [4.78, 5) is 55.2. The van der Waals surface area contributed by atoms with Crippen LogP contribution in [0.2, 0.25) is 0 Å². The van der Waals surface area contributed by atoms with Gasteiger partial charge in [-0.1, -0.05) is 0 Å². The van der Waals surface area contributed by atoms with Crippen molar-refractivity contribution in [3.05, 3.63) is 46.4 Å². The van der Waals surface area contributed by atoms with Gasteiger partial charge in [-0.3, -0.25) is 18.7 Å². The molecule has 3 aromatic rings. The number of hydrogen-bond acceptors (Lipinski definition) is 19. The number of nitrogen functional groups attached to an aromatic ring is 1. The topological polar surface area (TPSA) is 363 Å². The van der Waals surface area contributed by atoms with Crippen molar-refractivity contribution in [1.82, 2.24) is 39.0 Å². The first kappa shape index (κ1) is 38.6. The van der Waals surface area contributed by atoms with Crippen LogP contribution in [0.5, 0.6) is 5.88 Å². The Morgan fingerprint density at radius 1 is 0.962 bits per heavy atom. The summed E-state index contributed by atoms with van der Waals surface area (Å²) in [7, 11) is -11.0. The lowest BCUT2D eigenvalue weighted by Crippen LogP contribution is -2.42. The smallest absolute Gasteiger partial charge is 0.388 e. The van der Waals surface area contributed by atoms with E-state index in [1.54, 1.807) is 26.0 Å². The maximum absolute atomic E-state index is 12.5. The molecule has 5 heterocycles. The zero-order valence-corrected chi connectivity index (χ0v) is 29.2. The number of aliphatic hydroxyl groups excluding tert-OH is 5. The van der Waals surface area contributed by atoms with Crippen molar-refractivity contribution < 1.29 is 67.7 Å². The van der Waals surface area contributed by atoms with E-state index in [0.29, 0.717) is 0 Å². The first-order valence-electron chi connectivity index (χ1n) is 15.4. The lowest BCUT2D eigenvalue weighted by Gasteiger charge is -2.26. The van der Waals surface area contributed by atoms with Gasteiger partial charge in [-0.25, -0.2) is 33.9 Å². The summed E-state index contributed by atoms with van der Waals surface area (Å²) >= 11 is 0. The number of nitrogens with zero attached hydrogens (tertiary/aromatic N) is 8. The second kappa shape index (κ2) is 14.6. The minimum Gasteiger partial charge on any atom is -0.388 e. The fourth-order valence-corrected chi connectivity index (χ4v) is 7.62. The van der Waals surface area contributed by atoms with E-state index < -0.39 is 89.8 Å². The number of hydrogen-bond donors (Lipinski definition) is 8. The zero-order chi connectivity index (χ0) is 38.6. The Labute approximate surface area is 296 Å². The van der Waals surface area contributed by atoms with Crippen LogP contribution >= 0.6 is 15.6 Å². The molecule has 3 aliphatic heterocycles. The number of benzene rings is 1. The molecule has 1 fully saturated rings. The predicted molar refractivity (Wildman–Crippen MR) is 174 cm³/mol. The molecule has 6 rings (SSSR count). The number of phosphoric acid groups is 2. The van der Waals surface area contributed by atoms with Crippen molar-refractivity contribution in [2.45, 2.75) is 63.2 Å². The highest BCUT2D eigenvalue weighted by Gasteiger charge is 2.46. The number of fused-ring (bicyclic) bond motifs is 3. The molecule has 3 aliphatic rings. The molecule has 9 N–H and O–H groups in total. The van der Waals surface area contributed by atoms with E-state index in [1.807, 2.05) is 0 Å². The molecule has 2 aromatic heterocycles. The fourth-order valence-electron chi connectivity index (χ4n) is 5.52. The minimum absolute atomic E-state index is 0.0284. The summed E-state index contributed by atoms with van der Waals surface area (Å²) < 4.78 is 46.5. The summed E-state index contributed by atoms with van der Waals surface area (Å²) in [5.41, 5.74) is 6.74. The van der Waals surface area contributed by atoms with Gasteiger partial charge < -0.3 is 50.4 Å². The van der Waals surface area contributed by atoms with Crippen LogP contribution in [0.1, 0.15) is 17.4 Å². The average molecular weight is 785 g/mol. The van der Waals surface area contributed by atoms with Crippen LogP contribution in [0.15, 0.2) is 29.6 Å². The predicted octanol–water partition coefficient (Wildman–Crippen LogP) is -1.57. The van der Waals surface area contributed by atoms with Gasteiger partial charge in [0.15, 0.2) is 29.2 Å². The summed E-state index contributed by atoms with van der Waals surface area (Å²) in [6, 6.07) is 3.27. The number of aryl methyl sites for hydroxylation is 2. The van der Waals surface area contributed by atoms with Crippen molar-refractivity contribution in [2.24, 2.45) is 0 Å². The number of phosphoric ester groups is 2. The van der Waals surface area contributed by atoms with Crippen LogP contribution in [0.3, 0.4) is 0 Å². The molecular formula is C27H32N9O15P2. The molecule has 0 bridgehead atoms. The second-order valence-corrected chi connectivity index (χ2v) is 15.0. The van der Waals surface area contributed by atoms with E-state index in [2.05, 4.69) is 38.7 Å². The fraction of sp³-hybridized carbons (Fsp3) is 0.444. The molecule has 285 valence electrons. The number of imidazole rings is 1. The Hall–Kier alpha value is -4.13. The second-order valence-electron chi connectivity index (χ2n) is 12.0. The third-order valence-electron chi connectivity index (χ3n) is 8.36. The van der Waals surface area contributed by atoms with E-state index >= 15 is 0 Å².